The molecule has 0 saturated carbocycles. The van der Waals surface area contributed by atoms with Crippen LogP contribution in [0.4, 0.5) is 0 Å². The fraction of sp³-hybridized carbons (Fsp3) is 0.238. The van der Waals surface area contributed by atoms with Gasteiger partial charge in [0, 0.05) is 0 Å². The molecule has 1 aliphatic heterocycles. The Labute approximate surface area is 161 Å². The van der Waals surface area contributed by atoms with Crippen LogP contribution in [0.25, 0.3) is 12.2 Å². The molecule has 2 aromatic rings. The van der Waals surface area contributed by atoms with Gasteiger partial charge in [0.25, 0.3) is 0 Å². The van der Waals surface area contributed by atoms with Crippen LogP contribution in [0.3, 0.4) is 0 Å². The number of halogens is 2. The maximum atomic E-state index is 2.55. The van der Waals surface area contributed by atoms with E-state index in [-0.39, 0.29) is 24.8 Å². The van der Waals surface area contributed by atoms with Crippen LogP contribution in [0.5, 0.6) is 0 Å². The molecule has 2 aromatic carbocycles. The summed E-state index contributed by atoms with van der Waals surface area (Å²) in [6.45, 7) is 2.53. The summed E-state index contributed by atoms with van der Waals surface area (Å²) >= 11 is -2.26. The molecule has 24 heavy (non-hydrogen) atoms. The summed E-state index contributed by atoms with van der Waals surface area (Å²) in [6, 6.07) is 18.1. The van der Waals surface area contributed by atoms with E-state index in [2.05, 4.69) is 79.8 Å². The van der Waals surface area contributed by atoms with Crippen LogP contribution in [0.15, 0.2) is 60.7 Å². The smallest absolute Gasteiger partial charge is 1.00 e. The molecule has 1 saturated heterocycles. The van der Waals surface area contributed by atoms with Gasteiger partial charge in [-0.1, -0.05) is 0 Å². The van der Waals surface area contributed by atoms with Crippen molar-refractivity contribution in [1.82, 2.24) is 0 Å². The second-order valence-corrected chi connectivity index (χ2v) is 19.1. The van der Waals surface area contributed by atoms with Gasteiger partial charge >= 0.3 is 137 Å². The normalized spacial score (nSPS) is 28.3. The van der Waals surface area contributed by atoms with E-state index in [1.54, 1.807) is 15.3 Å². The Morgan fingerprint density at radius 3 is 1.58 bits per heavy atom. The molecule has 2 aliphatic carbocycles. The molecule has 5 rings (SSSR count). The molecular weight excluding hydrogens is 414 g/mol. The summed E-state index contributed by atoms with van der Waals surface area (Å²) in [5.41, 5.74) is 6.19. The Morgan fingerprint density at radius 1 is 0.750 bits per heavy atom. The minimum atomic E-state index is -2.26. The first-order valence-corrected chi connectivity index (χ1v) is 14.3. The van der Waals surface area contributed by atoms with Crippen LogP contribution in [-0.2, 0) is 20.3 Å². The maximum absolute atomic E-state index is 2.55. The zero-order valence-corrected chi connectivity index (χ0v) is 17.6. The van der Waals surface area contributed by atoms with Crippen LogP contribution >= 0.6 is 0 Å². The van der Waals surface area contributed by atoms with Crippen LogP contribution in [-0.4, -0.2) is 0 Å². The summed E-state index contributed by atoms with van der Waals surface area (Å²) in [5.74, 6) is 0. The maximum Gasteiger partial charge on any atom is -1.00 e. The Kier molecular flexibility index (Phi) is 5.00. The monoisotopic (exact) mass is 432 g/mol. The van der Waals surface area contributed by atoms with Gasteiger partial charge < -0.3 is 24.8 Å². The van der Waals surface area contributed by atoms with Crippen LogP contribution in [0.2, 0.25) is 7.75 Å². The van der Waals surface area contributed by atoms with Crippen molar-refractivity contribution in [2.45, 2.75) is 21.9 Å². The van der Waals surface area contributed by atoms with Gasteiger partial charge in [0.2, 0.25) is 0 Å². The fourth-order valence-corrected chi connectivity index (χ4v) is 22.3. The van der Waals surface area contributed by atoms with Crippen molar-refractivity contribution >= 4 is 12.2 Å². The zero-order chi connectivity index (χ0) is 14.7. The van der Waals surface area contributed by atoms with E-state index in [9.17, 15) is 0 Å². The first-order chi connectivity index (χ1) is 10.8. The van der Waals surface area contributed by atoms with Crippen molar-refractivity contribution in [1.29, 1.82) is 0 Å². The molecule has 122 valence electrons. The third-order valence-electron chi connectivity index (χ3n) is 6.17. The first kappa shape index (κ1) is 18.2. The molecule has 3 unspecified atom stereocenters. The fourth-order valence-electron chi connectivity index (χ4n) is 4.97. The van der Waals surface area contributed by atoms with E-state index in [4.69, 9.17) is 0 Å². The summed E-state index contributed by atoms with van der Waals surface area (Å²) in [7, 11) is 0. The second kappa shape index (κ2) is 6.60. The predicted molar refractivity (Wildman–Crippen MR) is 90.7 cm³/mol. The van der Waals surface area contributed by atoms with Crippen molar-refractivity contribution < 1.29 is 45.1 Å². The van der Waals surface area contributed by atoms with E-state index in [0.29, 0.717) is 0 Å². The average molecular weight is 435 g/mol. The van der Waals surface area contributed by atoms with E-state index < -0.39 is 20.3 Å². The van der Waals surface area contributed by atoms with Crippen molar-refractivity contribution in [2.24, 2.45) is 0 Å². The third kappa shape index (κ3) is 2.44. The zero-order valence-electron chi connectivity index (χ0n) is 13.6. The van der Waals surface area contributed by atoms with Gasteiger partial charge in [-0.25, -0.2) is 0 Å². The average Bonchev–Trinajstić information content (AvgIpc) is 2.96. The summed E-state index contributed by atoms with van der Waals surface area (Å²) in [4.78, 5) is 0. The SMILES string of the molecule is C[CH]1[CH2][Zr+2]1([CH]1C=Cc2ccccc21)[CH]1C=Cc2ccccc21.[Cl-].[Cl-]. The molecule has 0 radical (unpaired) electrons. The molecular formula is C21H20Cl2Zr. The molecule has 0 bridgehead atoms. The van der Waals surface area contributed by atoms with Crippen molar-refractivity contribution in [3.05, 3.63) is 82.9 Å². The Bertz CT molecular complexity index is 763. The van der Waals surface area contributed by atoms with Crippen molar-refractivity contribution in [3.63, 3.8) is 0 Å². The number of allylic oxidation sites excluding steroid dienone is 2. The van der Waals surface area contributed by atoms with Crippen LogP contribution in [0.1, 0.15) is 36.4 Å². The van der Waals surface area contributed by atoms with Gasteiger partial charge in [0.05, 0.1) is 0 Å². The molecule has 0 N–H and O–H groups in total. The third-order valence-corrected chi connectivity index (χ3v) is 21.3. The molecule has 3 aliphatic rings. The van der Waals surface area contributed by atoms with Gasteiger partial charge in [-0.05, 0) is 0 Å². The quantitative estimate of drug-likeness (QED) is 0.621. The molecule has 1 fully saturated rings. The largest absolute Gasteiger partial charge is 1.00 e. The summed E-state index contributed by atoms with van der Waals surface area (Å²) in [5, 5.41) is 0. The topological polar surface area (TPSA) is 0 Å². The van der Waals surface area contributed by atoms with Gasteiger partial charge in [0.1, 0.15) is 0 Å². The molecule has 0 spiro atoms. The van der Waals surface area contributed by atoms with E-state index in [1.807, 2.05) is 0 Å². The van der Waals surface area contributed by atoms with Crippen LogP contribution in [0, 0.1) is 0 Å². The van der Waals surface area contributed by atoms with Crippen LogP contribution < -0.4 is 24.8 Å². The standard InChI is InChI=1S/2C9H7.C3H6.2ClH.Zr/c2*1-2-5-9-7-3-6-8(9)4-1;1-3-2;;;/h2*1-7H;3H,1H2,2H3;2*1H;/q;;;;;+2/p-2. The predicted octanol–water partition coefficient (Wildman–Crippen LogP) is -0.0752. The Balaban J connectivity index is 0.000000845. The molecule has 3 atom stereocenters. The number of benzene rings is 2. The number of hydrogen-bond acceptors (Lipinski definition) is 0. The van der Waals surface area contributed by atoms with E-state index in [1.165, 1.54) is 11.1 Å². The number of fused-ring (bicyclic) bond motifs is 2. The van der Waals surface area contributed by atoms with E-state index >= 15 is 0 Å². The molecule has 0 nitrogen and oxygen atoms in total. The molecule has 1 heterocycles. The number of hydrogen-bond donors (Lipinski definition) is 0. The van der Waals surface area contributed by atoms with Gasteiger partial charge in [0.15, 0.2) is 0 Å². The van der Waals surface area contributed by atoms with Crippen molar-refractivity contribution in [3.8, 4) is 0 Å². The Hall–Kier alpha value is -0.617. The van der Waals surface area contributed by atoms with Gasteiger partial charge in [-0.3, -0.25) is 0 Å². The Morgan fingerprint density at radius 2 is 1.17 bits per heavy atom. The van der Waals surface area contributed by atoms with Crippen molar-refractivity contribution in [2.75, 3.05) is 0 Å². The van der Waals surface area contributed by atoms with E-state index in [0.717, 1.165) is 10.9 Å². The minimum absolute atomic E-state index is 0. The summed E-state index contributed by atoms with van der Waals surface area (Å²) < 4.78 is 4.10. The molecule has 0 amide bonds. The summed E-state index contributed by atoms with van der Waals surface area (Å²) in [6.07, 6.45) is 9.88. The van der Waals surface area contributed by atoms with Gasteiger partial charge in [-0.15, -0.1) is 0 Å². The molecule has 0 aromatic heterocycles. The molecule has 3 heteroatoms. The minimum Gasteiger partial charge on any atom is -1.00 e. The first-order valence-electron chi connectivity index (χ1n) is 8.35. The van der Waals surface area contributed by atoms with Gasteiger partial charge in [-0.2, -0.15) is 0 Å². The second-order valence-electron chi connectivity index (χ2n) is 7.15. The number of rotatable bonds is 2.